The number of rotatable bonds is 3. The van der Waals surface area contributed by atoms with Crippen LogP contribution >= 0.6 is 0 Å². The van der Waals surface area contributed by atoms with E-state index in [0.29, 0.717) is 12.1 Å². The molecule has 0 aromatic heterocycles. The Morgan fingerprint density at radius 1 is 1.23 bits per heavy atom. The van der Waals surface area contributed by atoms with E-state index in [-0.39, 0.29) is 24.9 Å². The van der Waals surface area contributed by atoms with Crippen molar-refractivity contribution >= 4 is 16.0 Å². The number of benzene rings is 1. The Kier molecular flexibility index (Phi) is 4.53. The van der Waals surface area contributed by atoms with Gasteiger partial charge in [-0.15, -0.1) is 0 Å². The summed E-state index contributed by atoms with van der Waals surface area (Å²) in [5.74, 6) is -4.48. The van der Waals surface area contributed by atoms with Crippen LogP contribution in [0.1, 0.15) is 30.6 Å². The molecule has 1 fully saturated rings. The minimum atomic E-state index is -4.06. The number of carboxylic acids is 1. The number of halogens is 2. The van der Waals surface area contributed by atoms with Gasteiger partial charge in [0.15, 0.2) is 11.6 Å². The van der Waals surface area contributed by atoms with Crippen molar-refractivity contribution in [3.63, 3.8) is 0 Å². The highest BCUT2D eigenvalue weighted by atomic mass is 32.2. The highest BCUT2D eigenvalue weighted by molar-refractivity contribution is 7.89. The van der Waals surface area contributed by atoms with Gasteiger partial charge in [-0.05, 0) is 30.4 Å². The molecule has 2 rings (SSSR count). The molecule has 0 bridgehead atoms. The fourth-order valence-corrected chi connectivity index (χ4v) is 4.54. The normalized spacial score (nSPS) is 23.5. The zero-order valence-electron chi connectivity index (χ0n) is 12.2. The Morgan fingerprint density at radius 3 is 2.27 bits per heavy atom. The van der Waals surface area contributed by atoms with Gasteiger partial charge >= 0.3 is 5.97 Å². The summed E-state index contributed by atoms with van der Waals surface area (Å²) >= 11 is 0. The number of piperidine rings is 1. The highest BCUT2D eigenvalue weighted by Gasteiger charge is 2.33. The largest absolute Gasteiger partial charge is 0.478 e. The van der Waals surface area contributed by atoms with Crippen LogP contribution in [0.4, 0.5) is 8.78 Å². The molecule has 8 heteroatoms. The molecule has 2 atom stereocenters. The van der Waals surface area contributed by atoms with Crippen LogP contribution in [0.2, 0.25) is 0 Å². The van der Waals surface area contributed by atoms with Crippen molar-refractivity contribution in [1.29, 1.82) is 0 Å². The third kappa shape index (κ3) is 3.12. The van der Waals surface area contributed by atoms with Gasteiger partial charge in [-0.1, -0.05) is 13.8 Å². The first-order valence-corrected chi connectivity index (χ1v) is 8.29. The second-order valence-electron chi connectivity index (χ2n) is 5.84. The fraction of sp³-hybridized carbons (Fsp3) is 0.500. The number of hydrogen-bond donors (Lipinski definition) is 1. The van der Waals surface area contributed by atoms with Crippen LogP contribution in [0.5, 0.6) is 0 Å². The molecule has 0 saturated carbocycles. The molecular formula is C14H17F2NO4S. The molecule has 0 amide bonds. The summed E-state index contributed by atoms with van der Waals surface area (Å²) in [6.07, 6.45) is 0.879. The lowest BCUT2D eigenvalue weighted by atomic mass is 9.94. The molecule has 1 saturated heterocycles. The van der Waals surface area contributed by atoms with Crippen molar-refractivity contribution in [1.82, 2.24) is 4.31 Å². The van der Waals surface area contributed by atoms with E-state index in [2.05, 4.69) is 0 Å². The van der Waals surface area contributed by atoms with Crippen molar-refractivity contribution in [2.45, 2.75) is 25.2 Å². The molecule has 0 radical (unpaired) electrons. The molecule has 0 unspecified atom stereocenters. The summed E-state index contributed by atoms with van der Waals surface area (Å²) < 4.78 is 53.3. The van der Waals surface area contributed by atoms with Gasteiger partial charge < -0.3 is 5.11 Å². The summed E-state index contributed by atoms with van der Waals surface area (Å²) in [4.78, 5) is 10.4. The molecule has 122 valence electrons. The predicted octanol–water partition coefficient (Wildman–Crippen LogP) is 2.33. The van der Waals surface area contributed by atoms with E-state index in [1.807, 2.05) is 13.8 Å². The van der Waals surface area contributed by atoms with E-state index in [1.54, 1.807) is 0 Å². The van der Waals surface area contributed by atoms with E-state index in [4.69, 9.17) is 5.11 Å². The lowest BCUT2D eigenvalue weighted by Gasteiger charge is -2.34. The van der Waals surface area contributed by atoms with Crippen LogP contribution in [0.25, 0.3) is 0 Å². The van der Waals surface area contributed by atoms with Gasteiger partial charge in [0.2, 0.25) is 10.0 Å². The van der Waals surface area contributed by atoms with Crippen LogP contribution in [0, 0.1) is 23.5 Å². The molecule has 5 nitrogen and oxygen atoms in total. The Balaban J connectivity index is 2.48. The molecule has 0 aliphatic carbocycles. The molecular weight excluding hydrogens is 316 g/mol. The van der Waals surface area contributed by atoms with Crippen molar-refractivity contribution in [3.05, 3.63) is 29.3 Å². The average molecular weight is 333 g/mol. The van der Waals surface area contributed by atoms with Crippen LogP contribution in [0.15, 0.2) is 17.0 Å². The van der Waals surface area contributed by atoms with E-state index in [1.165, 1.54) is 4.31 Å². The van der Waals surface area contributed by atoms with Crippen LogP contribution in [0.3, 0.4) is 0 Å². The van der Waals surface area contributed by atoms with Gasteiger partial charge in [0.25, 0.3) is 0 Å². The fourth-order valence-electron chi connectivity index (χ4n) is 2.82. The topological polar surface area (TPSA) is 74.7 Å². The summed E-state index contributed by atoms with van der Waals surface area (Å²) in [7, 11) is -4.06. The van der Waals surface area contributed by atoms with Crippen molar-refractivity contribution in [2.24, 2.45) is 11.8 Å². The third-order valence-electron chi connectivity index (χ3n) is 3.71. The van der Waals surface area contributed by atoms with Gasteiger partial charge in [-0.3, -0.25) is 0 Å². The predicted molar refractivity (Wildman–Crippen MR) is 75.0 cm³/mol. The minimum Gasteiger partial charge on any atom is -0.478 e. The van der Waals surface area contributed by atoms with Gasteiger partial charge in [-0.2, -0.15) is 4.31 Å². The number of carboxylic acid groups (broad SMARTS) is 1. The van der Waals surface area contributed by atoms with Gasteiger partial charge in [-0.25, -0.2) is 22.0 Å². The quantitative estimate of drug-likeness (QED) is 0.921. The molecule has 1 aliphatic rings. The lowest BCUT2D eigenvalue weighted by molar-refractivity contribution is 0.0690. The summed E-state index contributed by atoms with van der Waals surface area (Å²) in [6, 6.07) is 1.20. The first-order chi connectivity index (χ1) is 10.1. The van der Waals surface area contributed by atoms with E-state index in [0.717, 1.165) is 6.42 Å². The van der Waals surface area contributed by atoms with E-state index in [9.17, 15) is 22.0 Å². The lowest BCUT2D eigenvalue weighted by Crippen LogP contribution is -2.42. The van der Waals surface area contributed by atoms with Crippen LogP contribution in [-0.4, -0.2) is 36.9 Å². The maximum absolute atomic E-state index is 13.5. The SMILES string of the molecule is C[C@@H]1C[C@H](C)CN(S(=O)(=O)c2cc(F)c(F)c(C(=O)O)c2)C1. The zero-order chi connectivity index (χ0) is 16.7. The second kappa shape index (κ2) is 5.92. The van der Waals surface area contributed by atoms with Gasteiger partial charge in [0, 0.05) is 13.1 Å². The molecule has 1 aromatic rings. The molecule has 1 heterocycles. The molecule has 0 spiro atoms. The Labute approximate surface area is 127 Å². The smallest absolute Gasteiger partial charge is 0.338 e. The van der Waals surface area contributed by atoms with Crippen molar-refractivity contribution in [2.75, 3.05) is 13.1 Å². The van der Waals surface area contributed by atoms with E-state index < -0.39 is 38.1 Å². The molecule has 1 aromatic carbocycles. The Morgan fingerprint density at radius 2 is 1.77 bits per heavy atom. The minimum absolute atomic E-state index is 0.141. The average Bonchev–Trinajstić information content (AvgIpc) is 2.40. The highest BCUT2D eigenvalue weighted by Crippen LogP contribution is 2.28. The number of nitrogens with zero attached hydrogens (tertiary/aromatic N) is 1. The van der Waals surface area contributed by atoms with Crippen LogP contribution in [-0.2, 0) is 10.0 Å². The maximum atomic E-state index is 13.5. The van der Waals surface area contributed by atoms with E-state index >= 15 is 0 Å². The molecule has 1 N–H and O–H groups in total. The molecule has 22 heavy (non-hydrogen) atoms. The second-order valence-corrected chi connectivity index (χ2v) is 7.78. The monoisotopic (exact) mass is 333 g/mol. The third-order valence-corrected chi connectivity index (χ3v) is 5.51. The Bertz CT molecular complexity index is 695. The molecule has 1 aliphatic heterocycles. The zero-order valence-corrected chi connectivity index (χ0v) is 13.0. The first kappa shape index (κ1) is 16.8. The number of sulfonamides is 1. The summed E-state index contributed by atoms with van der Waals surface area (Å²) in [6.45, 7) is 4.36. The van der Waals surface area contributed by atoms with Crippen molar-refractivity contribution < 1.29 is 27.1 Å². The van der Waals surface area contributed by atoms with Gasteiger partial charge in [0.05, 0.1) is 10.5 Å². The van der Waals surface area contributed by atoms with Crippen LogP contribution < -0.4 is 0 Å². The standard InChI is InChI=1S/C14H17F2NO4S/c1-8-3-9(2)7-17(6-8)22(20,21)10-4-11(14(18)19)13(16)12(15)5-10/h4-5,8-9H,3,6-7H2,1-2H3,(H,18,19)/t8-,9+. The van der Waals surface area contributed by atoms with Crippen molar-refractivity contribution in [3.8, 4) is 0 Å². The van der Waals surface area contributed by atoms with Gasteiger partial charge in [0.1, 0.15) is 0 Å². The Hall–Kier alpha value is -1.54. The first-order valence-electron chi connectivity index (χ1n) is 6.85. The summed E-state index contributed by atoms with van der Waals surface area (Å²) in [5.41, 5.74) is -0.989. The summed E-state index contributed by atoms with van der Waals surface area (Å²) in [5, 5.41) is 8.86. The number of carbonyl (C=O) groups is 1. The number of hydrogen-bond acceptors (Lipinski definition) is 3. The number of aromatic carboxylic acids is 1. The maximum Gasteiger partial charge on any atom is 0.338 e.